The Balaban J connectivity index is 2.33. The fraction of sp³-hybridized carbons (Fsp3) is 0.154. The van der Waals surface area contributed by atoms with Crippen molar-refractivity contribution in [1.29, 1.82) is 0 Å². The standard InChI is InChI=1S/C13H12Cl2N2O3S/c1-8(10-3-2-9(14)6-11(10)15)17-21(19,20)13-7-16-5-4-12(13)18/h2-8,17H,1H3,(H,16,18). The van der Waals surface area contributed by atoms with Gasteiger partial charge in [0.05, 0.1) is 0 Å². The van der Waals surface area contributed by atoms with E-state index in [0.717, 1.165) is 12.3 Å². The summed E-state index contributed by atoms with van der Waals surface area (Å²) in [6, 6.07) is 5.31. The van der Waals surface area contributed by atoms with Gasteiger partial charge in [-0.25, -0.2) is 13.1 Å². The monoisotopic (exact) mass is 346 g/mol. The maximum Gasteiger partial charge on any atom is 0.246 e. The molecular formula is C13H12Cl2N2O3S. The van der Waals surface area contributed by atoms with Crippen molar-refractivity contribution in [2.24, 2.45) is 0 Å². The molecule has 0 saturated carbocycles. The molecule has 2 rings (SSSR count). The zero-order valence-electron chi connectivity index (χ0n) is 10.9. The number of nitrogens with one attached hydrogen (secondary N) is 2. The minimum Gasteiger partial charge on any atom is -0.366 e. The van der Waals surface area contributed by atoms with Gasteiger partial charge < -0.3 is 4.98 Å². The molecule has 0 spiro atoms. The van der Waals surface area contributed by atoms with Crippen LogP contribution >= 0.6 is 23.2 Å². The molecule has 2 N–H and O–H groups in total. The number of hydrogen-bond donors (Lipinski definition) is 2. The van der Waals surface area contributed by atoms with Crippen molar-refractivity contribution >= 4 is 33.2 Å². The molecule has 0 aliphatic carbocycles. The third-order valence-electron chi connectivity index (χ3n) is 2.84. The lowest BCUT2D eigenvalue weighted by atomic mass is 10.1. The van der Waals surface area contributed by atoms with Gasteiger partial charge in [-0.2, -0.15) is 0 Å². The second-order valence-electron chi connectivity index (χ2n) is 4.38. The number of benzene rings is 1. The van der Waals surface area contributed by atoms with Crippen LogP contribution in [-0.4, -0.2) is 13.4 Å². The first-order valence-electron chi connectivity index (χ1n) is 5.95. The summed E-state index contributed by atoms with van der Waals surface area (Å²) in [6.45, 7) is 1.63. The van der Waals surface area contributed by atoms with Crippen LogP contribution < -0.4 is 10.2 Å². The van der Waals surface area contributed by atoms with Gasteiger partial charge in [0.25, 0.3) is 0 Å². The van der Waals surface area contributed by atoms with Crippen molar-refractivity contribution < 1.29 is 8.42 Å². The molecule has 0 aliphatic rings. The van der Waals surface area contributed by atoms with E-state index in [-0.39, 0.29) is 4.90 Å². The van der Waals surface area contributed by atoms with Crippen LogP contribution in [0.4, 0.5) is 0 Å². The molecule has 0 radical (unpaired) electrons. The van der Waals surface area contributed by atoms with E-state index in [1.165, 1.54) is 12.3 Å². The van der Waals surface area contributed by atoms with E-state index in [2.05, 4.69) is 9.71 Å². The number of sulfonamides is 1. The quantitative estimate of drug-likeness (QED) is 0.893. The van der Waals surface area contributed by atoms with Gasteiger partial charge in [0, 0.05) is 34.5 Å². The molecule has 1 unspecified atom stereocenters. The SMILES string of the molecule is CC(NS(=O)(=O)c1c[nH]ccc1=O)c1ccc(Cl)cc1Cl. The van der Waals surface area contributed by atoms with Crippen LogP contribution in [0.3, 0.4) is 0 Å². The molecule has 1 aromatic carbocycles. The highest BCUT2D eigenvalue weighted by atomic mass is 35.5. The molecule has 21 heavy (non-hydrogen) atoms. The average molecular weight is 347 g/mol. The van der Waals surface area contributed by atoms with E-state index >= 15 is 0 Å². The zero-order chi connectivity index (χ0) is 15.6. The minimum absolute atomic E-state index is 0.345. The molecule has 1 atom stereocenters. The van der Waals surface area contributed by atoms with Crippen LogP contribution in [0.1, 0.15) is 18.5 Å². The number of H-pyrrole nitrogens is 1. The van der Waals surface area contributed by atoms with E-state index in [1.807, 2.05) is 0 Å². The molecule has 1 heterocycles. The van der Waals surface area contributed by atoms with Gasteiger partial charge in [-0.15, -0.1) is 0 Å². The van der Waals surface area contributed by atoms with Crippen molar-refractivity contribution in [3.63, 3.8) is 0 Å². The van der Waals surface area contributed by atoms with Crippen LogP contribution in [0, 0.1) is 0 Å². The van der Waals surface area contributed by atoms with Gasteiger partial charge >= 0.3 is 0 Å². The smallest absolute Gasteiger partial charge is 0.246 e. The van der Waals surface area contributed by atoms with E-state index in [4.69, 9.17) is 23.2 Å². The zero-order valence-corrected chi connectivity index (χ0v) is 13.3. The van der Waals surface area contributed by atoms with Crippen molar-refractivity contribution in [3.8, 4) is 0 Å². The summed E-state index contributed by atoms with van der Waals surface area (Å²) in [7, 11) is -3.95. The van der Waals surface area contributed by atoms with Crippen LogP contribution in [0.2, 0.25) is 10.0 Å². The Morgan fingerprint density at radius 1 is 1.24 bits per heavy atom. The molecule has 112 valence electrons. The molecule has 5 nitrogen and oxygen atoms in total. The number of rotatable bonds is 4. The molecule has 2 aromatic rings. The summed E-state index contributed by atoms with van der Waals surface area (Å²) < 4.78 is 26.8. The van der Waals surface area contributed by atoms with Gasteiger partial charge in [-0.3, -0.25) is 4.79 Å². The molecule has 0 bridgehead atoms. The van der Waals surface area contributed by atoms with Crippen LogP contribution in [0.25, 0.3) is 0 Å². The van der Waals surface area contributed by atoms with E-state index < -0.39 is 21.5 Å². The summed E-state index contributed by atoms with van der Waals surface area (Å²) in [6.07, 6.45) is 2.50. The summed E-state index contributed by atoms with van der Waals surface area (Å²) in [5, 5.41) is 0.804. The van der Waals surface area contributed by atoms with Crippen LogP contribution in [0.5, 0.6) is 0 Å². The maximum atomic E-state index is 12.2. The van der Waals surface area contributed by atoms with Crippen molar-refractivity contribution in [3.05, 3.63) is 62.5 Å². The van der Waals surface area contributed by atoms with Crippen LogP contribution in [-0.2, 0) is 10.0 Å². The lowest BCUT2D eigenvalue weighted by Crippen LogP contribution is -2.30. The number of aromatic amines is 1. The fourth-order valence-electron chi connectivity index (χ4n) is 1.82. The molecule has 0 aliphatic heterocycles. The Bertz CT molecular complexity index is 818. The highest BCUT2D eigenvalue weighted by Crippen LogP contribution is 2.26. The second kappa shape index (κ2) is 6.19. The molecule has 1 aromatic heterocycles. The second-order valence-corrected chi connectivity index (χ2v) is 6.91. The Morgan fingerprint density at radius 3 is 2.57 bits per heavy atom. The predicted octanol–water partition coefficient (Wildman–Crippen LogP) is 2.72. The number of aromatic nitrogens is 1. The van der Waals surface area contributed by atoms with Gasteiger partial charge in [0.2, 0.25) is 15.5 Å². The summed E-state index contributed by atoms with van der Waals surface area (Å²) in [5.74, 6) is 0. The Kier molecular flexibility index (Phi) is 4.73. The normalized spacial score (nSPS) is 13.1. The third-order valence-corrected chi connectivity index (χ3v) is 4.96. The molecule has 0 fully saturated rings. The van der Waals surface area contributed by atoms with Gasteiger partial charge in [-0.1, -0.05) is 29.3 Å². The van der Waals surface area contributed by atoms with Gasteiger partial charge in [0.15, 0.2) is 0 Å². The summed E-state index contributed by atoms with van der Waals surface area (Å²) in [5.41, 5.74) is -0.0207. The fourth-order valence-corrected chi connectivity index (χ4v) is 3.67. The van der Waals surface area contributed by atoms with Crippen molar-refractivity contribution in [2.75, 3.05) is 0 Å². The molecule has 0 saturated heterocycles. The van der Waals surface area contributed by atoms with E-state index in [9.17, 15) is 13.2 Å². The predicted molar refractivity (Wildman–Crippen MR) is 82.3 cm³/mol. The summed E-state index contributed by atoms with van der Waals surface area (Å²) >= 11 is 11.8. The topological polar surface area (TPSA) is 79.0 Å². The van der Waals surface area contributed by atoms with Gasteiger partial charge in [0.1, 0.15) is 4.90 Å². The average Bonchev–Trinajstić information content (AvgIpc) is 2.38. The van der Waals surface area contributed by atoms with Crippen molar-refractivity contribution in [2.45, 2.75) is 17.9 Å². The molecule has 8 heteroatoms. The first-order valence-corrected chi connectivity index (χ1v) is 8.19. The first-order chi connectivity index (χ1) is 9.81. The number of pyridine rings is 1. The Morgan fingerprint density at radius 2 is 1.95 bits per heavy atom. The van der Waals surface area contributed by atoms with E-state index in [1.54, 1.807) is 19.1 Å². The largest absolute Gasteiger partial charge is 0.366 e. The Hall–Kier alpha value is -1.34. The minimum atomic E-state index is -3.95. The third kappa shape index (κ3) is 3.65. The molecular weight excluding hydrogens is 335 g/mol. The number of halogens is 2. The maximum absolute atomic E-state index is 12.2. The van der Waals surface area contributed by atoms with Gasteiger partial charge in [-0.05, 0) is 24.6 Å². The number of hydrogen-bond acceptors (Lipinski definition) is 3. The first kappa shape index (κ1) is 16.0. The van der Waals surface area contributed by atoms with Crippen molar-refractivity contribution in [1.82, 2.24) is 9.71 Å². The highest BCUT2D eigenvalue weighted by Gasteiger charge is 2.22. The molecule has 0 amide bonds. The van der Waals surface area contributed by atoms with Crippen LogP contribution in [0.15, 0.2) is 46.3 Å². The lowest BCUT2D eigenvalue weighted by molar-refractivity contribution is 0.566. The lowest BCUT2D eigenvalue weighted by Gasteiger charge is -2.15. The van der Waals surface area contributed by atoms with E-state index in [0.29, 0.717) is 15.6 Å². The highest BCUT2D eigenvalue weighted by molar-refractivity contribution is 7.89. The Labute approximate surface area is 132 Å². The summed E-state index contributed by atoms with van der Waals surface area (Å²) in [4.78, 5) is 13.8.